The normalized spacial score (nSPS) is 10.2. The maximum Gasteiger partial charge on any atom is 0.328 e. The van der Waals surface area contributed by atoms with Crippen LogP contribution >= 0.6 is 0 Å². The second kappa shape index (κ2) is 5.60. The van der Waals surface area contributed by atoms with Gasteiger partial charge in [-0.2, -0.15) is 0 Å². The maximum atomic E-state index is 10.3. The van der Waals surface area contributed by atoms with Crippen LogP contribution in [0.2, 0.25) is 0 Å². The lowest BCUT2D eigenvalue weighted by atomic mass is 10.2. The van der Waals surface area contributed by atoms with E-state index >= 15 is 0 Å². The average molecular weight is 220 g/mol. The van der Waals surface area contributed by atoms with Gasteiger partial charge < -0.3 is 14.9 Å². The molecule has 0 radical (unpaired) electrons. The van der Waals surface area contributed by atoms with E-state index in [1.807, 2.05) is 0 Å². The first-order chi connectivity index (χ1) is 7.63. The van der Waals surface area contributed by atoms with Crippen LogP contribution in [0.1, 0.15) is 5.56 Å². The van der Waals surface area contributed by atoms with E-state index in [2.05, 4.69) is 6.58 Å². The number of benzene rings is 1. The Bertz CT molecular complexity index is 421. The molecule has 0 saturated heterocycles. The summed E-state index contributed by atoms with van der Waals surface area (Å²) in [7, 11) is 0. The van der Waals surface area contributed by atoms with E-state index in [1.165, 1.54) is 12.1 Å². The van der Waals surface area contributed by atoms with Crippen molar-refractivity contribution in [1.82, 2.24) is 0 Å². The van der Waals surface area contributed by atoms with E-state index in [1.54, 1.807) is 18.2 Å². The van der Waals surface area contributed by atoms with Crippen LogP contribution < -0.4 is 4.74 Å². The summed E-state index contributed by atoms with van der Waals surface area (Å²) >= 11 is 0. The molecule has 16 heavy (non-hydrogen) atoms. The van der Waals surface area contributed by atoms with E-state index in [4.69, 9.17) is 9.84 Å². The summed E-state index contributed by atoms with van der Waals surface area (Å²) in [5.74, 6) is -0.719. The zero-order valence-corrected chi connectivity index (χ0v) is 8.59. The molecule has 1 rings (SSSR count). The lowest BCUT2D eigenvalue weighted by Crippen LogP contribution is -1.93. The van der Waals surface area contributed by atoms with E-state index < -0.39 is 5.97 Å². The molecule has 0 unspecified atom stereocenters. The first-order valence-corrected chi connectivity index (χ1v) is 4.61. The van der Waals surface area contributed by atoms with Gasteiger partial charge in [-0.05, 0) is 23.8 Å². The highest BCUT2D eigenvalue weighted by atomic mass is 16.5. The molecule has 0 aliphatic carbocycles. The van der Waals surface area contributed by atoms with Crippen LogP contribution in [0.5, 0.6) is 11.5 Å². The Kier molecular flexibility index (Phi) is 4.15. The minimum absolute atomic E-state index is 0.00863. The summed E-state index contributed by atoms with van der Waals surface area (Å²) in [6, 6.07) is 4.59. The van der Waals surface area contributed by atoms with Gasteiger partial charge in [0.05, 0.1) is 0 Å². The molecular weight excluding hydrogens is 208 g/mol. The van der Waals surface area contributed by atoms with Crippen LogP contribution in [0.15, 0.2) is 36.9 Å². The van der Waals surface area contributed by atoms with Crippen molar-refractivity contribution in [1.29, 1.82) is 0 Å². The minimum atomic E-state index is -1.03. The van der Waals surface area contributed by atoms with Crippen molar-refractivity contribution in [3.8, 4) is 11.5 Å². The molecule has 0 amide bonds. The van der Waals surface area contributed by atoms with E-state index in [9.17, 15) is 9.90 Å². The van der Waals surface area contributed by atoms with Crippen LogP contribution in [-0.2, 0) is 4.79 Å². The van der Waals surface area contributed by atoms with Crippen LogP contribution in [0.25, 0.3) is 6.08 Å². The zero-order valence-electron chi connectivity index (χ0n) is 8.59. The van der Waals surface area contributed by atoms with E-state index in [0.29, 0.717) is 11.3 Å². The van der Waals surface area contributed by atoms with Gasteiger partial charge in [-0.3, -0.25) is 0 Å². The summed E-state index contributed by atoms with van der Waals surface area (Å²) in [6.07, 6.45) is 3.99. The van der Waals surface area contributed by atoms with Crippen LogP contribution in [0, 0.1) is 0 Å². The summed E-state index contributed by atoms with van der Waals surface area (Å²) in [5, 5.41) is 17.9. The predicted octanol–water partition coefficient (Wildman–Crippen LogP) is 2.05. The van der Waals surface area contributed by atoms with Gasteiger partial charge >= 0.3 is 5.97 Å². The molecule has 2 N–H and O–H groups in total. The predicted molar refractivity (Wildman–Crippen MR) is 60.5 cm³/mol. The minimum Gasteiger partial charge on any atom is -0.504 e. The smallest absolute Gasteiger partial charge is 0.328 e. The average Bonchev–Trinajstić information content (AvgIpc) is 2.26. The van der Waals surface area contributed by atoms with Gasteiger partial charge in [0.15, 0.2) is 11.5 Å². The summed E-state index contributed by atoms with van der Waals surface area (Å²) in [5.41, 5.74) is 0.638. The Balaban J connectivity index is 2.88. The van der Waals surface area contributed by atoms with Gasteiger partial charge in [0.25, 0.3) is 0 Å². The van der Waals surface area contributed by atoms with Gasteiger partial charge in [-0.1, -0.05) is 18.7 Å². The number of aromatic hydroxyl groups is 1. The zero-order chi connectivity index (χ0) is 12.0. The SMILES string of the molecule is C=CCOc1cc(/C=C/C(=O)O)ccc1O. The van der Waals surface area contributed by atoms with E-state index in [-0.39, 0.29) is 12.4 Å². The fourth-order valence-electron chi connectivity index (χ4n) is 1.07. The molecule has 0 heterocycles. The number of rotatable bonds is 5. The fraction of sp³-hybridized carbons (Fsp3) is 0.0833. The molecule has 0 fully saturated rings. The number of carboxylic acid groups (broad SMARTS) is 1. The first-order valence-electron chi connectivity index (χ1n) is 4.61. The number of carbonyl (C=O) groups is 1. The number of ether oxygens (including phenoxy) is 1. The van der Waals surface area contributed by atoms with Crippen molar-refractivity contribution in [2.45, 2.75) is 0 Å². The third-order valence-corrected chi connectivity index (χ3v) is 1.76. The fourth-order valence-corrected chi connectivity index (χ4v) is 1.07. The molecule has 0 saturated carbocycles. The van der Waals surface area contributed by atoms with Gasteiger partial charge in [0.1, 0.15) is 6.61 Å². The van der Waals surface area contributed by atoms with Crippen molar-refractivity contribution in [2.24, 2.45) is 0 Å². The van der Waals surface area contributed by atoms with Crippen molar-refractivity contribution < 1.29 is 19.7 Å². The molecule has 0 aliphatic rings. The first kappa shape index (κ1) is 11.8. The monoisotopic (exact) mass is 220 g/mol. The van der Waals surface area contributed by atoms with Gasteiger partial charge in [-0.15, -0.1) is 0 Å². The lowest BCUT2D eigenvalue weighted by Gasteiger charge is -2.06. The largest absolute Gasteiger partial charge is 0.504 e. The Hall–Kier alpha value is -2.23. The van der Waals surface area contributed by atoms with Crippen LogP contribution in [0.4, 0.5) is 0 Å². The Labute approximate surface area is 93.1 Å². The summed E-state index contributed by atoms with van der Waals surface area (Å²) in [4.78, 5) is 10.3. The number of aliphatic carboxylic acids is 1. The number of phenols is 1. The van der Waals surface area contributed by atoms with E-state index in [0.717, 1.165) is 6.08 Å². The summed E-state index contributed by atoms with van der Waals surface area (Å²) in [6.45, 7) is 3.77. The molecule has 0 bridgehead atoms. The molecule has 1 aromatic rings. The molecular formula is C12H12O4. The van der Waals surface area contributed by atoms with Gasteiger partial charge in [0, 0.05) is 6.08 Å². The maximum absolute atomic E-state index is 10.3. The number of carboxylic acids is 1. The van der Waals surface area contributed by atoms with Gasteiger partial charge in [-0.25, -0.2) is 4.79 Å². The third-order valence-electron chi connectivity index (χ3n) is 1.76. The topological polar surface area (TPSA) is 66.8 Å². The third kappa shape index (κ3) is 3.49. The highest BCUT2D eigenvalue weighted by Gasteiger charge is 2.01. The Morgan fingerprint density at radius 1 is 1.50 bits per heavy atom. The second-order valence-electron chi connectivity index (χ2n) is 3.00. The van der Waals surface area contributed by atoms with Gasteiger partial charge in [0.2, 0.25) is 0 Å². The second-order valence-corrected chi connectivity index (χ2v) is 3.00. The molecule has 0 aromatic heterocycles. The van der Waals surface area contributed by atoms with Crippen molar-refractivity contribution >= 4 is 12.0 Å². The van der Waals surface area contributed by atoms with Crippen LogP contribution in [0.3, 0.4) is 0 Å². The van der Waals surface area contributed by atoms with Crippen molar-refractivity contribution in [2.75, 3.05) is 6.61 Å². The summed E-state index contributed by atoms with van der Waals surface area (Å²) < 4.78 is 5.18. The molecule has 1 aromatic carbocycles. The molecule has 4 nitrogen and oxygen atoms in total. The van der Waals surface area contributed by atoms with Crippen molar-refractivity contribution in [3.05, 3.63) is 42.5 Å². The lowest BCUT2D eigenvalue weighted by molar-refractivity contribution is -0.131. The van der Waals surface area contributed by atoms with Crippen LogP contribution in [-0.4, -0.2) is 22.8 Å². The Morgan fingerprint density at radius 3 is 2.88 bits per heavy atom. The highest BCUT2D eigenvalue weighted by molar-refractivity contribution is 5.85. The molecule has 4 heteroatoms. The molecule has 84 valence electrons. The molecule has 0 atom stereocenters. The quantitative estimate of drug-likeness (QED) is 0.588. The number of phenolic OH excluding ortho intramolecular Hbond substituents is 1. The number of hydrogen-bond donors (Lipinski definition) is 2. The highest BCUT2D eigenvalue weighted by Crippen LogP contribution is 2.27. The molecule has 0 aliphatic heterocycles. The Morgan fingerprint density at radius 2 is 2.25 bits per heavy atom. The van der Waals surface area contributed by atoms with Crippen molar-refractivity contribution in [3.63, 3.8) is 0 Å². The molecule has 0 spiro atoms. The standard InChI is InChI=1S/C12H12O4/c1-2-7-16-11-8-9(3-5-10(11)13)4-6-12(14)15/h2-6,8,13H,1,7H2,(H,14,15)/b6-4+. The number of hydrogen-bond acceptors (Lipinski definition) is 3.